The van der Waals surface area contributed by atoms with Gasteiger partial charge < -0.3 is 15.0 Å². The Morgan fingerprint density at radius 3 is 3.20 bits per heavy atom. The molecule has 2 atom stereocenters. The van der Waals surface area contributed by atoms with E-state index in [0.717, 1.165) is 34.8 Å². The van der Waals surface area contributed by atoms with Gasteiger partial charge in [-0.15, -0.1) is 0 Å². The van der Waals surface area contributed by atoms with E-state index in [2.05, 4.69) is 32.0 Å². The van der Waals surface area contributed by atoms with Gasteiger partial charge in [0.15, 0.2) is 11.7 Å². The minimum atomic E-state index is 0.106. The van der Waals surface area contributed by atoms with E-state index in [1.807, 2.05) is 6.08 Å². The summed E-state index contributed by atoms with van der Waals surface area (Å²) in [6.07, 6.45) is 8.79. The van der Waals surface area contributed by atoms with E-state index >= 15 is 0 Å². The van der Waals surface area contributed by atoms with Gasteiger partial charge in [0.1, 0.15) is 11.8 Å². The fourth-order valence-corrected chi connectivity index (χ4v) is 3.28. The van der Waals surface area contributed by atoms with E-state index in [1.54, 1.807) is 6.07 Å². The third kappa shape index (κ3) is 1.70. The molecule has 0 saturated carbocycles. The zero-order chi connectivity index (χ0) is 13.7. The lowest BCUT2D eigenvalue weighted by molar-refractivity contribution is 0.458. The molecule has 0 amide bonds. The topological polar surface area (TPSA) is 65.0 Å². The van der Waals surface area contributed by atoms with Crippen molar-refractivity contribution in [1.29, 1.82) is 0 Å². The Balaban J connectivity index is 1.82. The molecule has 4 rings (SSSR count). The van der Waals surface area contributed by atoms with Crippen LogP contribution in [0.4, 0.5) is 5.82 Å². The van der Waals surface area contributed by atoms with Gasteiger partial charge in [0.05, 0.1) is 11.6 Å². The number of aromatic nitrogens is 3. The first-order valence-electron chi connectivity index (χ1n) is 6.57. The molecule has 0 spiro atoms. The third-order valence-corrected chi connectivity index (χ3v) is 4.24. The number of halogens is 1. The predicted octanol–water partition coefficient (Wildman–Crippen LogP) is 2.55. The van der Waals surface area contributed by atoms with Crippen LogP contribution in [0.25, 0.3) is 11.0 Å². The Labute approximate surface area is 120 Å². The Morgan fingerprint density at radius 2 is 2.30 bits per heavy atom. The van der Waals surface area contributed by atoms with Crippen LogP contribution in [0.3, 0.4) is 0 Å². The van der Waals surface area contributed by atoms with Gasteiger partial charge in [0, 0.05) is 23.6 Å². The SMILES string of the molecule is Oc1cc2ncnc(N3CCC4C=CC(Cl)=CC43)c2[nH]1. The number of hydrogen-bond acceptors (Lipinski definition) is 4. The summed E-state index contributed by atoms with van der Waals surface area (Å²) >= 11 is 6.13. The van der Waals surface area contributed by atoms with Crippen molar-refractivity contribution in [3.8, 4) is 5.88 Å². The number of fused-ring (bicyclic) bond motifs is 2. The highest BCUT2D eigenvalue weighted by molar-refractivity contribution is 6.31. The Morgan fingerprint density at radius 1 is 1.40 bits per heavy atom. The summed E-state index contributed by atoms with van der Waals surface area (Å²) in [6.45, 7) is 0.909. The molecule has 20 heavy (non-hydrogen) atoms. The molecular weight excluding hydrogens is 276 g/mol. The molecule has 2 aromatic heterocycles. The number of nitrogens with zero attached hydrogens (tertiary/aromatic N) is 3. The normalized spacial score (nSPS) is 25.1. The lowest BCUT2D eigenvalue weighted by Crippen LogP contribution is -2.32. The molecule has 0 radical (unpaired) electrons. The number of nitrogens with one attached hydrogen (secondary N) is 1. The molecule has 0 aromatic carbocycles. The Kier molecular flexibility index (Phi) is 2.50. The molecule has 1 aliphatic heterocycles. The van der Waals surface area contributed by atoms with E-state index in [4.69, 9.17) is 11.6 Å². The molecule has 6 heteroatoms. The zero-order valence-electron chi connectivity index (χ0n) is 10.6. The van der Waals surface area contributed by atoms with Crippen LogP contribution in [0.5, 0.6) is 5.88 Å². The molecule has 1 saturated heterocycles. The lowest BCUT2D eigenvalue weighted by atomic mass is 9.96. The van der Waals surface area contributed by atoms with Crippen molar-refractivity contribution in [1.82, 2.24) is 15.0 Å². The smallest absolute Gasteiger partial charge is 0.191 e. The molecule has 2 N–H and O–H groups in total. The minimum Gasteiger partial charge on any atom is -0.495 e. The van der Waals surface area contributed by atoms with Crippen LogP contribution < -0.4 is 4.90 Å². The van der Waals surface area contributed by atoms with Crippen molar-refractivity contribution in [2.45, 2.75) is 12.5 Å². The Bertz CT molecular complexity index is 736. The quantitative estimate of drug-likeness (QED) is 0.846. The van der Waals surface area contributed by atoms with Crippen molar-refractivity contribution in [3.63, 3.8) is 0 Å². The monoisotopic (exact) mass is 288 g/mol. The second kappa shape index (κ2) is 4.24. The van der Waals surface area contributed by atoms with Gasteiger partial charge in [0.2, 0.25) is 0 Å². The zero-order valence-corrected chi connectivity index (χ0v) is 11.4. The maximum atomic E-state index is 9.61. The van der Waals surface area contributed by atoms with Gasteiger partial charge in [-0.1, -0.05) is 17.7 Å². The van der Waals surface area contributed by atoms with E-state index in [1.165, 1.54) is 6.33 Å². The standard InChI is InChI=1S/C14H13ClN4O/c15-9-2-1-8-3-4-19(11(8)5-9)14-13-10(16-7-17-14)6-12(20)18-13/h1-2,5-8,11,18,20H,3-4H2. The maximum absolute atomic E-state index is 9.61. The minimum absolute atomic E-state index is 0.106. The van der Waals surface area contributed by atoms with Crippen molar-refractivity contribution < 1.29 is 5.11 Å². The second-order valence-corrected chi connectivity index (χ2v) is 5.60. The summed E-state index contributed by atoms with van der Waals surface area (Å²) < 4.78 is 0. The van der Waals surface area contributed by atoms with E-state index < -0.39 is 0 Å². The molecule has 2 aliphatic rings. The average Bonchev–Trinajstić information content (AvgIpc) is 3.00. The molecule has 102 valence electrons. The highest BCUT2D eigenvalue weighted by atomic mass is 35.5. The highest BCUT2D eigenvalue weighted by Gasteiger charge is 2.34. The number of aromatic amines is 1. The van der Waals surface area contributed by atoms with Gasteiger partial charge in [0.25, 0.3) is 0 Å². The lowest BCUT2D eigenvalue weighted by Gasteiger charge is -2.27. The summed E-state index contributed by atoms with van der Waals surface area (Å²) in [5, 5.41) is 10.4. The number of hydrogen-bond donors (Lipinski definition) is 2. The average molecular weight is 289 g/mol. The first kappa shape index (κ1) is 11.8. The number of H-pyrrole nitrogens is 1. The van der Waals surface area contributed by atoms with Crippen molar-refractivity contribution in [3.05, 3.63) is 35.7 Å². The van der Waals surface area contributed by atoms with Gasteiger partial charge in [-0.3, -0.25) is 0 Å². The van der Waals surface area contributed by atoms with Crippen LogP contribution in [0, 0.1) is 5.92 Å². The molecule has 1 fully saturated rings. The van der Waals surface area contributed by atoms with Crippen molar-refractivity contribution in [2.75, 3.05) is 11.4 Å². The van der Waals surface area contributed by atoms with Crippen LogP contribution in [0.2, 0.25) is 0 Å². The summed E-state index contributed by atoms with van der Waals surface area (Å²) in [6, 6.07) is 1.83. The van der Waals surface area contributed by atoms with Crippen LogP contribution in [0.1, 0.15) is 6.42 Å². The summed E-state index contributed by atoms with van der Waals surface area (Å²) in [5.41, 5.74) is 1.49. The number of aromatic hydroxyl groups is 1. The molecule has 1 aliphatic carbocycles. The number of anilines is 1. The molecule has 2 unspecified atom stereocenters. The summed E-state index contributed by atoms with van der Waals surface area (Å²) in [7, 11) is 0. The predicted molar refractivity (Wildman–Crippen MR) is 77.9 cm³/mol. The van der Waals surface area contributed by atoms with Crippen LogP contribution in [0.15, 0.2) is 35.7 Å². The van der Waals surface area contributed by atoms with Crippen molar-refractivity contribution >= 4 is 28.5 Å². The van der Waals surface area contributed by atoms with Gasteiger partial charge in [-0.05, 0) is 18.6 Å². The van der Waals surface area contributed by atoms with Crippen LogP contribution in [-0.4, -0.2) is 32.6 Å². The molecule has 0 bridgehead atoms. The fourth-order valence-electron chi connectivity index (χ4n) is 3.07. The third-order valence-electron chi connectivity index (χ3n) is 3.99. The van der Waals surface area contributed by atoms with E-state index in [0.29, 0.717) is 5.92 Å². The summed E-state index contributed by atoms with van der Waals surface area (Å²) in [5.74, 6) is 1.39. The maximum Gasteiger partial charge on any atom is 0.191 e. The first-order chi connectivity index (χ1) is 9.72. The Hall–Kier alpha value is -2.01. The van der Waals surface area contributed by atoms with Crippen molar-refractivity contribution in [2.24, 2.45) is 5.92 Å². The fraction of sp³-hybridized carbons (Fsp3) is 0.286. The molecular formula is C14H13ClN4O. The number of rotatable bonds is 1. The van der Waals surface area contributed by atoms with Gasteiger partial charge in [-0.2, -0.15) is 0 Å². The van der Waals surface area contributed by atoms with Crippen LogP contribution >= 0.6 is 11.6 Å². The van der Waals surface area contributed by atoms with Gasteiger partial charge >= 0.3 is 0 Å². The molecule has 2 aromatic rings. The first-order valence-corrected chi connectivity index (χ1v) is 6.95. The summed E-state index contributed by atoms with van der Waals surface area (Å²) in [4.78, 5) is 13.7. The molecule has 5 nitrogen and oxygen atoms in total. The second-order valence-electron chi connectivity index (χ2n) is 5.16. The van der Waals surface area contributed by atoms with Gasteiger partial charge in [-0.25, -0.2) is 9.97 Å². The molecule has 3 heterocycles. The van der Waals surface area contributed by atoms with E-state index in [-0.39, 0.29) is 11.9 Å². The van der Waals surface area contributed by atoms with E-state index in [9.17, 15) is 5.11 Å². The highest BCUT2D eigenvalue weighted by Crippen LogP contribution is 2.37. The largest absolute Gasteiger partial charge is 0.495 e. The number of allylic oxidation sites excluding steroid dienone is 2. The van der Waals surface area contributed by atoms with Crippen LogP contribution in [-0.2, 0) is 0 Å².